The molecule has 0 saturated heterocycles. The molecule has 2 atom stereocenters. The number of alkyl halides is 3. The van der Waals surface area contributed by atoms with E-state index in [1.165, 1.54) is 18.2 Å². The number of carbonyl (C=O) groups is 2. The molecule has 0 spiro atoms. The number of halogens is 6. The number of hydrogen-bond acceptors (Lipinski definition) is 4. The summed E-state index contributed by atoms with van der Waals surface area (Å²) >= 11 is 0. The van der Waals surface area contributed by atoms with Crippen LogP contribution >= 0.6 is 0 Å². The van der Waals surface area contributed by atoms with Gasteiger partial charge in [-0.15, -0.1) is 0 Å². The van der Waals surface area contributed by atoms with Crippen LogP contribution in [-0.4, -0.2) is 47.1 Å². The van der Waals surface area contributed by atoms with Crippen LogP contribution < -0.4 is 10.9 Å². The summed E-state index contributed by atoms with van der Waals surface area (Å²) in [7, 11) is 3.35. The Morgan fingerprint density at radius 2 is 1.69 bits per heavy atom. The first-order valence-electron chi connectivity index (χ1n) is 15.8. The Balaban J connectivity index is 1.87. The summed E-state index contributed by atoms with van der Waals surface area (Å²) in [6.45, 7) is 1.84. The topological polar surface area (TPSA) is 91.6 Å². The van der Waals surface area contributed by atoms with Crippen molar-refractivity contribution >= 4 is 11.9 Å². The Kier molecular flexibility index (Phi) is 11.8. The highest BCUT2D eigenvalue weighted by molar-refractivity contribution is 5.82. The quantitative estimate of drug-likeness (QED) is 0.271. The number of amides is 1. The number of fused-ring (bicyclic) bond motifs is 4. The van der Waals surface area contributed by atoms with Crippen molar-refractivity contribution in [1.82, 2.24) is 14.8 Å². The molecule has 1 amide bonds. The van der Waals surface area contributed by atoms with Crippen molar-refractivity contribution in [3.8, 4) is 11.1 Å². The van der Waals surface area contributed by atoms with E-state index in [9.17, 15) is 37.1 Å². The van der Waals surface area contributed by atoms with Crippen LogP contribution in [0, 0.1) is 24.4 Å². The second-order valence-corrected chi connectivity index (χ2v) is 12.6. The molecule has 13 heteroatoms. The average molecular weight is 680 g/mol. The summed E-state index contributed by atoms with van der Waals surface area (Å²) in [5.41, 5.74) is -1.24. The van der Waals surface area contributed by atoms with E-state index in [0.29, 0.717) is 61.3 Å². The zero-order chi connectivity index (χ0) is 35.3. The molecular formula is C35H39F6N3O4. The van der Waals surface area contributed by atoms with Crippen LogP contribution in [-0.2, 0) is 28.6 Å². The molecule has 0 unspecified atom stereocenters. The zero-order valence-corrected chi connectivity index (χ0v) is 27.0. The monoisotopic (exact) mass is 679 g/mol. The molecule has 2 heterocycles. The van der Waals surface area contributed by atoms with Crippen molar-refractivity contribution in [2.24, 2.45) is 0 Å². The van der Waals surface area contributed by atoms with Crippen LogP contribution in [0.4, 0.5) is 26.3 Å². The number of aromatic nitrogens is 1. The molecule has 0 saturated carbocycles. The second kappa shape index (κ2) is 15.4. The van der Waals surface area contributed by atoms with E-state index in [4.69, 9.17) is 0 Å². The second-order valence-electron chi connectivity index (χ2n) is 12.6. The smallest absolute Gasteiger partial charge is 0.416 e. The van der Waals surface area contributed by atoms with Gasteiger partial charge in [-0.2, -0.15) is 13.2 Å². The standard InChI is InChI=1S/C35H39F6N3O4/c1-20-13-24(36)14-21-9-7-5-4-6-8-10-29(44-19-22(11-12-43(2)3)26(17-30(44)45)35(39,40)41)34(48)42-28(18-31(46)47)25-15-23(32(20)21)16-27(37)33(25)38/h13-17,19,28-29H,4-12,18H2,1-3H3,(H,42,48)(H,46,47)/t28-,29-/m0/s1. The molecule has 7 nitrogen and oxygen atoms in total. The lowest BCUT2D eigenvalue weighted by Gasteiger charge is -2.26. The normalized spacial score (nSPS) is 18.0. The number of pyridine rings is 1. The van der Waals surface area contributed by atoms with Crippen LogP contribution in [0.3, 0.4) is 0 Å². The summed E-state index contributed by atoms with van der Waals surface area (Å²) in [4.78, 5) is 40.8. The predicted molar refractivity (Wildman–Crippen MR) is 168 cm³/mol. The van der Waals surface area contributed by atoms with E-state index in [2.05, 4.69) is 5.32 Å². The summed E-state index contributed by atoms with van der Waals surface area (Å²) in [5, 5.41) is 12.2. The largest absolute Gasteiger partial charge is 0.481 e. The molecule has 0 fully saturated rings. The van der Waals surface area contributed by atoms with Gasteiger partial charge in [-0.05, 0) is 98.8 Å². The van der Waals surface area contributed by atoms with E-state index >= 15 is 8.78 Å². The molecule has 1 aliphatic heterocycles. The minimum Gasteiger partial charge on any atom is -0.481 e. The molecule has 3 aromatic rings. The Bertz CT molecular complexity index is 1720. The van der Waals surface area contributed by atoms with Crippen molar-refractivity contribution in [3.05, 3.63) is 92.2 Å². The van der Waals surface area contributed by atoms with Crippen molar-refractivity contribution in [2.45, 2.75) is 83.0 Å². The van der Waals surface area contributed by atoms with Gasteiger partial charge in [0.1, 0.15) is 11.9 Å². The first-order valence-corrected chi connectivity index (χ1v) is 15.8. The Hall–Kier alpha value is -4.13. The van der Waals surface area contributed by atoms with Crippen molar-refractivity contribution in [3.63, 3.8) is 0 Å². The molecule has 260 valence electrons. The van der Waals surface area contributed by atoms with Gasteiger partial charge >= 0.3 is 12.1 Å². The minimum atomic E-state index is -4.83. The van der Waals surface area contributed by atoms with E-state index in [0.717, 1.165) is 16.8 Å². The summed E-state index contributed by atoms with van der Waals surface area (Å²) < 4.78 is 87.9. The van der Waals surface area contributed by atoms with Gasteiger partial charge < -0.3 is 19.9 Å². The predicted octanol–water partition coefficient (Wildman–Crippen LogP) is 7.13. The van der Waals surface area contributed by atoms with Crippen molar-refractivity contribution in [1.29, 1.82) is 0 Å². The molecule has 2 N–H and O–H groups in total. The van der Waals surface area contributed by atoms with Gasteiger partial charge in [0, 0.05) is 24.4 Å². The van der Waals surface area contributed by atoms with E-state index < -0.39 is 70.7 Å². The number of aliphatic carboxylic acids is 1. The average Bonchev–Trinajstić information content (AvgIpc) is 2.97. The first kappa shape index (κ1) is 36.7. The maximum Gasteiger partial charge on any atom is 0.416 e. The van der Waals surface area contributed by atoms with Gasteiger partial charge in [0.2, 0.25) is 5.91 Å². The van der Waals surface area contributed by atoms with Crippen molar-refractivity contribution < 1.29 is 41.0 Å². The van der Waals surface area contributed by atoms with E-state index in [-0.39, 0.29) is 30.5 Å². The number of aryl methyl sites for hydroxylation is 2. The van der Waals surface area contributed by atoms with Gasteiger partial charge in [-0.1, -0.05) is 25.7 Å². The highest BCUT2D eigenvalue weighted by Crippen LogP contribution is 2.36. The third-order valence-corrected chi connectivity index (χ3v) is 8.66. The lowest BCUT2D eigenvalue weighted by atomic mass is 9.89. The number of hydrogen-bond donors (Lipinski definition) is 2. The van der Waals surface area contributed by atoms with Crippen LogP contribution in [0.2, 0.25) is 0 Å². The van der Waals surface area contributed by atoms with Crippen LogP contribution in [0.15, 0.2) is 41.3 Å². The van der Waals surface area contributed by atoms with Crippen LogP contribution in [0.1, 0.15) is 84.8 Å². The van der Waals surface area contributed by atoms with Gasteiger partial charge in [0.05, 0.1) is 18.0 Å². The van der Waals surface area contributed by atoms with Crippen LogP contribution in [0.25, 0.3) is 11.1 Å². The Morgan fingerprint density at radius 3 is 2.35 bits per heavy atom. The fourth-order valence-electron chi connectivity index (χ4n) is 6.33. The number of nitrogens with zero attached hydrogens (tertiary/aromatic N) is 2. The fourth-order valence-corrected chi connectivity index (χ4v) is 6.33. The molecule has 1 aliphatic rings. The zero-order valence-electron chi connectivity index (χ0n) is 27.0. The van der Waals surface area contributed by atoms with Gasteiger partial charge in [-0.25, -0.2) is 13.2 Å². The Morgan fingerprint density at radius 1 is 1.00 bits per heavy atom. The molecule has 2 aromatic carbocycles. The number of carbonyl (C=O) groups excluding carboxylic acids is 1. The minimum absolute atomic E-state index is 0.00807. The number of carboxylic acids is 1. The third kappa shape index (κ3) is 8.86. The molecule has 48 heavy (non-hydrogen) atoms. The highest BCUT2D eigenvalue weighted by atomic mass is 19.4. The SMILES string of the molecule is Cc1cc(F)cc2c1-c1cc(F)c(F)c(c1)[C@H](CC(=O)O)NC(=O)[C@@H](n1cc(CCN(C)C)c(C(F)(F)F)cc1=O)CCCCCCC2. The van der Waals surface area contributed by atoms with Crippen LogP contribution in [0.5, 0.6) is 0 Å². The summed E-state index contributed by atoms with van der Waals surface area (Å²) in [6.07, 6.45) is -1.31. The maximum atomic E-state index is 15.5. The highest BCUT2D eigenvalue weighted by Gasteiger charge is 2.36. The number of likely N-dealkylation sites (N-methyl/N-ethyl adjacent to an activating group) is 1. The third-order valence-electron chi connectivity index (χ3n) is 8.66. The number of nitrogens with one attached hydrogen (secondary N) is 1. The molecule has 4 rings (SSSR count). The summed E-state index contributed by atoms with van der Waals surface area (Å²) in [5.74, 6) is -5.59. The fraction of sp³-hybridized carbons (Fsp3) is 0.457. The van der Waals surface area contributed by atoms with E-state index in [1.807, 2.05) is 0 Å². The van der Waals surface area contributed by atoms with Gasteiger partial charge in [-0.3, -0.25) is 14.4 Å². The molecular weight excluding hydrogens is 640 g/mol. The summed E-state index contributed by atoms with van der Waals surface area (Å²) in [6, 6.07) is 2.21. The number of rotatable bonds is 6. The van der Waals surface area contributed by atoms with Gasteiger partial charge in [0.25, 0.3) is 5.56 Å². The Labute approximate surface area is 274 Å². The number of carboxylic acid groups (broad SMARTS) is 1. The maximum absolute atomic E-state index is 15.5. The molecule has 0 radical (unpaired) electrons. The van der Waals surface area contributed by atoms with Crippen molar-refractivity contribution in [2.75, 3.05) is 20.6 Å². The number of benzene rings is 2. The van der Waals surface area contributed by atoms with E-state index in [1.54, 1.807) is 25.9 Å². The molecule has 2 bridgehead atoms. The lowest BCUT2D eigenvalue weighted by molar-refractivity contribution is -0.139. The lowest BCUT2D eigenvalue weighted by Crippen LogP contribution is -2.40. The molecule has 1 aromatic heterocycles. The first-order chi connectivity index (χ1) is 22.6. The van der Waals surface area contributed by atoms with Gasteiger partial charge in [0.15, 0.2) is 11.6 Å². The molecule has 0 aliphatic carbocycles.